The molecule has 1 saturated heterocycles. The lowest BCUT2D eigenvalue weighted by molar-refractivity contribution is -0.139. The van der Waals surface area contributed by atoms with Crippen LogP contribution in [0, 0.1) is 0 Å². The molecule has 2 aromatic carbocycles. The molecule has 8 nitrogen and oxygen atoms in total. The molecule has 1 aliphatic rings. The highest BCUT2D eigenvalue weighted by Crippen LogP contribution is 2.32. The number of rotatable bonds is 13. The Bertz CT molecular complexity index is 1050. The molecule has 0 spiro atoms. The smallest absolute Gasteiger partial charge is 0.242 e. The van der Waals surface area contributed by atoms with Crippen molar-refractivity contribution in [2.24, 2.45) is 5.73 Å². The second-order valence-corrected chi connectivity index (χ2v) is 9.30. The van der Waals surface area contributed by atoms with E-state index in [9.17, 15) is 9.59 Å². The van der Waals surface area contributed by atoms with Gasteiger partial charge in [-0.05, 0) is 74.2 Å². The maximum atomic E-state index is 13.8. The fourth-order valence-corrected chi connectivity index (χ4v) is 4.91. The molecular formula is C30H40N4O4. The molecule has 0 radical (unpaired) electrons. The molecule has 1 aliphatic heterocycles. The first-order valence-electron chi connectivity index (χ1n) is 13.1. The first kappa shape index (κ1) is 28.8. The van der Waals surface area contributed by atoms with Crippen molar-refractivity contribution in [1.29, 1.82) is 0 Å². The molecule has 0 aromatic heterocycles. The van der Waals surface area contributed by atoms with E-state index in [2.05, 4.69) is 17.2 Å². The Morgan fingerprint density at radius 3 is 2.16 bits per heavy atom. The predicted molar refractivity (Wildman–Crippen MR) is 150 cm³/mol. The standard InChI is InChI=1S/C30H40N4O4/c1-5-23(32-6-2)9-7-19-33-29(35)26-10-8-20-34(26)30(36)28(31)27(21-11-15-24(37-3)16-12-21)22-13-17-25(38-4)18-14-22/h5-6,11-18,26-28,32H,2,7-10,19-20,31H2,1,3-4H3,(H,33,35)/b23-5-/t26?,28-/m1/s1. The molecule has 0 bridgehead atoms. The van der Waals surface area contributed by atoms with Crippen LogP contribution in [-0.2, 0) is 9.59 Å². The first-order valence-corrected chi connectivity index (χ1v) is 13.1. The summed E-state index contributed by atoms with van der Waals surface area (Å²) >= 11 is 0. The molecular weight excluding hydrogens is 480 g/mol. The number of methoxy groups -OCH3 is 2. The average Bonchev–Trinajstić information content (AvgIpc) is 3.45. The molecule has 8 heteroatoms. The Kier molecular flexibility index (Phi) is 10.8. The summed E-state index contributed by atoms with van der Waals surface area (Å²) in [6.45, 7) is 6.68. The van der Waals surface area contributed by atoms with Crippen molar-refractivity contribution < 1.29 is 19.1 Å². The Morgan fingerprint density at radius 1 is 1.08 bits per heavy atom. The van der Waals surface area contributed by atoms with Crippen LogP contribution in [0.5, 0.6) is 11.5 Å². The monoisotopic (exact) mass is 520 g/mol. The predicted octanol–water partition coefficient (Wildman–Crippen LogP) is 3.69. The van der Waals surface area contributed by atoms with Crippen molar-refractivity contribution in [3.05, 3.63) is 84.2 Å². The topological polar surface area (TPSA) is 106 Å². The summed E-state index contributed by atoms with van der Waals surface area (Å²) < 4.78 is 10.6. The van der Waals surface area contributed by atoms with Gasteiger partial charge in [0.1, 0.15) is 17.5 Å². The normalized spacial score (nSPS) is 16.2. The van der Waals surface area contributed by atoms with Crippen LogP contribution in [0.2, 0.25) is 0 Å². The molecule has 204 valence electrons. The van der Waals surface area contributed by atoms with Gasteiger partial charge in [-0.3, -0.25) is 9.59 Å². The number of ether oxygens (including phenoxy) is 2. The first-order chi connectivity index (χ1) is 18.4. The zero-order valence-corrected chi connectivity index (χ0v) is 22.6. The second kappa shape index (κ2) is 14.2. The minimum absolute atomic E-state index is 0.132. The van der Waals surface area contributed by atoms with Crippen molar-refractivity contribution >= 4 is 11.8 Å². The Hall–Kier alpha value is -3.78. The lowest BCUT2D eigenvalue weighted by Crippen LogP contribution is -2.53. The van der Waals surface area contributed by atoms with Crippen LogP contribution in [-0.4, -0.2) is 56.1 Å². The number of allylic oxidation sites excluding steroid dienone is 2. The van der Waals surface area contributed by atoms with Gasteiger partial charge in [0.2, 0.25) is 11.8 Å². The van der Waals surface area contributed by atoms with Crippen molar-refractivity contribution in [3.63, 3.8) is 0 Å². The van der Waals surface area contributed by atoms with E-state index >= 15 is 0 Å². The lowest BCUT2D eigenvalue weighted by atomic mass is 9.84. The van der Waals surface area contributed by atoms with E-state index in [1.54, 1.807) is 25.3 Å². The van der Waals surface area contributed by atoms with Crippen LogP contribution < -0.4 is 25.8 Å². The summed E-state index contributed by atoms with van der Waals surface area (Å²) in [5.41, 5.74) is 9.54. The molecule has 2 aromatic rings. The zero-order chi connectivity index (χ0) is 27.5. The average molecular weight is 521 g/mol. The number of hydrogen-bond acceptors (Lipinski definition) is 6. The number of nitrogens with zero attached hydrogens (tertiary/aromatic N) is 1. The van der Waals surface area contributed by atoms with Gasteiger partial charge in [0.05, 0.1) is 20.3 Å². The number of amides is 2. The number of carbonyl (C=O) groups excluding carboxylic acids is 2. The maximum Gasteiger partial charge on any atom is 0.242 e. The summed E-state index contributed by atoms with van der Waals surface area (Å²) in [4.78, 5) is 28.5. The largest absolute Gasteiger partial charge is 0.497 e. The molecule has 0 saturated carbocycles. The number of nitrogens with one attached hydrogen (secondary N) is 2. The Balaban J connectivity index is 1.74. The second-order valence-electron chi connectivity index (χ2n) is 9.30. The van der Waals surface area contributed by atoms with Gasteiger partial charge in [-0.15, -0.1) is 0 Å². The van der Waals surface area contributed by atoms with E-state index < -0.39 is 18.0 Å². The lowest BCUT2D eigenvalue weighted by Gasteiger charge is -2.31. The number of carbonyl (C=O) groups is 2. The van der Waals surface area contributed by atoms with Crippen LogP contribution in [0.25, 0.3) is 0 Å². The zero-order valence-electron chi connectivity index (χ0n) is 22.6. The molecule has 3 rings (SSSR count). The van der Waals surface area contributed by atoms with Gasteiger partial charge in [-0.2, -0.15) is 0 Å². The quantitative estimate of drug-likeness (QED) is 0.348. The van der Waals surface area contributed by atoms with Gasteiger partial charge < -0.3 is 30.7 Å². The summed E-state index contributed by atoms with van der Waals surface area (Å²) in [6, 6.07) is 13.8. The summed E-state index contributed by atoms with van der Waals surface area (Å²) in [5, 5.41) is 6.10. The van der Waals surface area contributed by atoms with Gasteiger partial charge in [-0.1, -0.05) is 36.9 Å². The highest BCUT2D eigenvalue weighted by Gasteiger charge is 2.39. The molecule has 4 N–H and O–H groups in total. The van der Waals surface area contributed by atoms with E-state index in [1.165, 1.54) is 0 Å². The Labute approximate surface area is 225 Å². The molecule has 1 heterocycles. The van der Waals surface area contributed by atoms with E-state index in [0.717, 1.165) is 47.6 Å². The maximum absolute atomic E-state index is 13.8. The molecule has 1 unspecified atom stereocenters. The summed E-state index contributed by atoms with van der Waals surface area (Å²) in [7, 11) is 3.22. The van der Waals surface area contributed by atoms with E-state index in [4.69, 9.17) is 15.2 Å². The third-order valence-corrected chi connectivity index (χ3v) is 6.99. The van der Waals surface area contributed by atoms with Gasteiger partial charge in [0.25, 0.3) is 0 Å². The molecule has 0 aliphatic carbocycles. The SMILES string of the molecule is C=CN/C(=C\C)CCCNC(=O)C1CCCN1C(=O)[C@H](N)C(c1ccc(OC)cc1)c1ccc(OC)cc1. The van der Waals surface area contributed by atoms with Crippen LogP contribution in [0.1, 0.15) is 49.7 Å². The van der Waals surface area contributed by atoms with Crippen LogP contribution in [0.15, 0.2) is 73.1 Å². The summed E-state index contributed by atoms with van der Waals surface area (Å²) in [6.07, 6.45) is 6.60. The molecule has 2 atom stereocenters. The minimum Gasteiger partial charge on any atom is -0.497 e. The third-order valence-electron chi connectivity index (χ3n) is 6.99. The fourth-order valence-electron chi connectivity index (χ4n) is 4.91. The number of likely N-dealkylation sites (tertiary alicyclic amines) is 1. The van der Waals surface area contributed by atoms with E-state index in [-0.39, 0.29) is 11.8 Å². The van der Waals surface area contributed by atoms with E-state index in [1.807, 2.05) is 61.5 Å². The fraction of sp³-hybridized carbons (Fsp3) is 0.400. The van der Waals surface area contributed by atoms with Crippen molar-refractivity contribution in [2.45, 2.75) is 50.6 Å². The van der Waals surface area contributed by atoms with Crippen molar-refractivity contribution in [3.8, 4) is 11.5 Å². The van der Waals surface area contributed by atoms with Gasteiger partial charge in [0.15, 0.2) is 0 Å². The highest BCUT2D eigenvalue weighted by atomic mass is 16.5. The third kappa shape index (κ3) is 7.16. The van der Waals surface area contributed by atoms with Crippen LogP contribution in [0.4, 0.5) is 0 Å². The minimum atomic E-state index is -0.868. The van der Waals surface area contributed by atoms with Gasteiger partial charge >= 0.3 is 0 Å². The summed E-state index contributed by atoms with van der Waals surface area (Å²) in [5.74, 6) is 0.679. The van der Waals surface area contributed by atoms with Crippen molar-refractivity contribution in [2.75, 3.05) is 27.3 Å². The number of nitrogens with two attached hydrogens (primary N) is 1. The van der Waals surface area contributed by atoms with E-state index in [0.29, 0.717) is 19.5 Å². The number of benzene rings is 2. The van der Waals surface area contributed by atoms with Crippen LogP contribution in [0.3, 0.4) is 0 Å². The number of hydrogen-bond donors (Lipinski definition) is 3. The Morgan fingerprint density at radius 2 is 1.66 bits per heavy atom. The molecule has 38 heavy (non-hydrogen) atoms. The van der Waals surface area contributed by atoms with Gasteiger partial charge in [-0.25, -0.2) is 0 Å². The van der Waals surface area contributed by atoms with Crippen LogP contribution >= 0.6 is 0 Å². The molecule has 1 fully saturated rings. The van der Waals surface area contributed by atoms with Gasteiger partial charge in [0, 0.05) is 24.7 Å². The van der Waals surface area contributed by atoms with Crippen molar-refractivity contribution in [1.82, 2.24) is 15.5 Å². The highest BCUT2D eigenvalue weighted by molar-refractivity contribution is 5.91. The molecule has 2 amide bonds.